The number of rotatable bonds is 6. The lowest BCUT2D eigenvalue weighted by Crippen LogP contribution is -2.49. The zero-order valence-corrected chi connectivity index (χ0v) is 19.0. The molecule has 3 aromatic rings. The van der Waals surface area contributed by atoms with Gasteiger partial charge in [-0.3, -0.25) is 4.90 Å². The molecule has 2 aliphatic rings. The number of carbonyl (C=O) groups is 1. The van der Waals surface area contributed by atoms with Crippen LogP contribution in [0.25, 0.3) is 11.0 Å². The van der Waals surface area contributed by atoms with E-state index in [-0.39, 0.29) is 11.7 Å². The number of fused-ring (bicyclic) bond motifs is 1. The second-order valence-corrected chi connectivity index (χ2v) is 9.02. The van der Waals surface area contributed by atoms with E-state index >= 15 is 0 Å². The summed E-state index contributed by atoms with van der Waals surface area (Å²) in [5, 5.41) is 13.4. The van der Waals surface area contributed by atoms with Crippen LogP contribution in [0.5, 0.6) is 0 Å². The molecule has 186 valence electrons. The molecule has 5 rings (SSSR count). The average molecular weight is 490 g/mol. The van der Waals surface area contributed by atoms with Crippen molar-refractivity contribution >= 4 is 34.5 Å². The van der Waals surface area contributed by atoms with E-state index in [2.05, 4.69) is 20.3 Å². The average Bonchev–Trinajstić information content (AvgIpc) is 3.46. The Hall–Kier alpha value is -3.41. The third-order valence-corrected chi connectivity index (χ3v) is 6.61. The molecule has 2 N–H and O–H groups in total. The Balaban J connectivity index is 1.29. The predicted molar refractivity (Wildman–Crippen MR) is 124 cm³/mol. The SMILES string of the molecule is O=C(O)c1cc2cnc(Nc3ccc(N4CCN(CC(F)(F)F)CC4)cn3)nc2n1C1CCCC1. The van der Waals surface area contributed by atoms with E-state index in [1.54, 1.807) is 24.5 Å². The van der Waals surface area contributed by atoms with Crippen LogP contribution >= 0.6 is 0 Å². The van der Waals surface area contributed by atoms with E-state index < -0.39 is 18.7 Å². The molecule has 9 nitrogen and oxygen atoms in total. The molecule has 1 saturated carbocycles. The van der Waals surface area contributed by atoms with Gasteiger partial charge in [0.25, 0.3) is 0 Å². The zero-order chi connectivity index (χ0) is 24.6. The smallest absolute Gasteiger partial charge is 0.401 e. The summed E-state index contributed by atoms with van der Waals surface area (Å²) in [6.07, 6.45) is 3.06. The van der Waals surface area contributed by atoms with Gasteiger partial charge in [0, 0.05) is 43.8 Å². The van der Waals surface area contributed by atoms with Crippen molar-refractivity contribution in [1.82, 2.24) is 24.4 Å². The number of piperazine rings is 1. The Morgan fingerprint density at radius 1 is 1.09 bits per heavy atom. The van der Waals surface area contributed by atoms with E-state index in [1.165, 1.54) is 4.90 Å². The molecule has 0 unspecified atom stereocenters. The minimum atomic E-state index is -4.18. The molecule has 35 heavy (non-hydrogen) atoms. The number of hydrogen-bond donors (Lipinski definition) is 2. The van der Waals surface area contributed by atoms with Crippen molar-refractivity contribution in [2.75, 3.05) is 42.9 Å². The van der Waals surface area contributed by atoms with Gasteiger partial charge in [0.2, 0.25) is 5.95 Å². The van der Waals surface area contributed by atoms with Crippen molar-refractivity contribution in [3.05, 3.63) is 36.3 Å². The van der Waals surface area contributed by atoms with Crippen LogP contribution in [0.15, 0.2) is 30.6 Å². The fraction of sp³-hybridized carbons (Fsp3) is 0.478. The normalized spacial score (nSPS) is 17.9. The van der Waals surface area contributed by atoms with Crippen molar-refractivity contribution < 1.29 is 23.1 Å². The number of carboxylic acids is 1. The van der Waals surface area contributed by atoms with E-state index in [9.17, 15) is 23.1 Å². The number of aromatic nitrogens is 4. The molecule has 3 aromatic heterocycles. The fourth-order valence-corrected chi connectivity index (χ4v) is 4.94. The summed E-state index contributed by atoms with van der Waals surface area (Å²) in [5.74, 6) is -0.157. The van der Waals surface area contributed by atoms with Gasteiger partial charge in [-0.2, -0.15) is 18.2 Å². The van der Waals surface area contributed by atoms with Gasteiger partial charge < -0.3 is 19.9 Å². The van der Waals surface area contributed by atoms with E-state index in [4.69, 9.17) is 0 Å². The summed E-state index contributed by atoms with van der Waals surface area (Å²) in [4.78, 5) is 28.6. The summed E-state index contributed by atoms with van der Waals surface area (Å²) < 4.78 is 39.6. The molecule has 0 aromatic carbocycles. The molecule has 4 heterocycles. The molecule has 0 atom stereocenters. The maximum absolute atomic E-state index is 12.6. The van der Waals surface area contributed by atoms with Crippen LogP contribution < -0.4 is 10.2 Å². The molecule has 0 bridgehead atoms. The van der Waals surface area contributed by atoms with Crippen molar-refractivity contribution in [2.24, 2.45) is 0 Å². The predicted octanol–water partition coefficient (Wildman–Crippen LogP) is 4.07. The molecule has 12 heteroatoms. The second-order valence-electron chi connectivity index (χ2n) is 9.02. The Morgan fingerprint density at radius 3 is 2.46 bits per heavy atom. The summed E-state index contributed by atoms with van der Waals surface area (Å²) in [5.41, 5.74) is 1.64. The number of nitrogens with one attached hydrogen (secondary N) is 1. The highest BCUT2D eigenvalue weighted by molar-refractivity contribution is 5.93. The minimum absolute atomic E-state index is 0.107. The summed E-state index contributed by atoms with van der Waals surface area (Å²) in [6.45, 7) is 0.784. The van der Waals surface area contributed by atoms with Crippen molar-refractivity contribution in [3.8, 4) is 0 Å². The van der Waals surface area contributed by atoms with Gasteiger partial charge in [-0.25, -0.2) is 14.8 Å². The fourth-order valence-electron chi connectivity index (χ4n) is 4.94. The highest BCUT2D eigenvalue weighted by atomic mass is 19.4. The molecule has 1 aliphatic heterocycles. The molecule has 1 aliphatic carbocycles. The molecule has 2 fully saturated rings. The van der Waals surface area contributed by atoms with Gasteiger partial charge in [0.15, 0.2) is 0 Å². The molecule has 0 spiro atoms. The van der Waals surface area contributed by atoms with Gasteiger partial charge in [0.05, 0.1) is 18.4 Å². The lowest BCUT2D eigenvalue weighted by atomic mass is 10.2. The molecule has 0 radical (unpaired) electrons. The Morgan fingerprint density at radius 2 is 1.83 bits per heavy atom. The number of nitrogens with zero attached hydrogens (tertiary/aromatic N) is 6. The van der Waals surface area contributed by atoms with Crippen molar-refractivity contribution in [2.45, 2.75) is 37.9 Å². The lowest BCUT2D eigenvalue weighted by Gasteiger charge is -2.36. The van der Waals surface area contributed by atoms with Crippen LogP contribution in [0.3, 0.4) is 0 Å². The van der Waals surface area contributed by atoms with Crippen molar-refractivity contribution in [3.63, 3.8) is 0 Å². The largest absolute Gasteiger partial charge is 0.477 e. The highest BCUT2D eigenvalue weighted by Gasteiger charge is 2.32. The first-order chi connectivity index (χ1) is 16.8. The quantitative estimate of drug-likeness (QED) is 0.535. The molecular weight excluding hydrogens is 463 g/mol. The maximum Gasteiger partial charge on any atom is 0.401 e. The number of aromatic carboxylic acids is 1. The van der Waals surface area contributed by atoms with Crippen LogP contribution in [-0.2, 0) is 0 Å². The van der Waals surface area contributed by atoms with E-state index in [0.717, 1.165) is 31.4 Å². The summed E-state index contributed by atoms with van der Waals surface area (Å²) >= 11 is 0. The van der Waals surface area contributed by atoms with Gasteiger partial charge >= 0.3 is 12.1 Å². The van der Waals surface area contributed by atoms with Gasteiger partial charge in [-0.15, -0.1) is 0 Å². The Kier molecular flexibility index (Phi) is 6.22. The molecule has 0 amide bonds. The second kappa shape index (κ2) is 9.33. The summed E-state index contributed by atoms with van der Waals surface area (Å²) in [7, 11) is 0. The summed E-state index contributed by atoms with van der Waals surface area (Å²) in [6, 6.07) is 5.34. The monoisotopic (exact) mass is 489 g/mol. The standard InChI is InChI=1S/C23H26F3N7O2/c24-23(25,26)14-31-7-9-32(10-8-31)17-5-6-19(27-13-17)29-22-28-12-15-11-18(21(34)35)33(20(15)30-22)16-3-1-2-4-16/h5-6,11-13,16H,1-4,7-10,14H2,(H,34,35)(H,27,28,29,30). The van der Waals surface area contributed by atoms with Crippen LogP contribution in [-0.4, -0.2) is 74.4 Å². The van der Waals surface area contributed by atoms with Crippen LogP contribution in [0, 0.1) is 0 Å². The van der Waals surface area contributed by atoms with E-state index in [0.29, 0.717) is 49.0 Å². The Labute approximate surface area is 199 Å². The first-order valence-electron chi connectivity index (χ1n) is 11.7. The highest BCUT2D eigenvalue weighted by Crippen LogP contribution is 2.34. The molecular formula is C23H26F3N7O2. The van der Waals surface area contributed by atoms with Crippen LogP contribution in [0.2, 0.25) is 0 Å². The van der Waals surface area contributed by atoms with Gasteiger partial charge in [0.1, 0.15) is 17.2 Å². The number of halogens is 3. The zero-order valence-electron chi connectivity index (χ0n) is 19.0. The first kappa shape index (κ1) is 23.3. The Bertz CT molecular complexity index is 1200. The molecule has 1 saturated heterocycles. The number of alkyl halides is 3. The van der Waals surface area contributed by atoms with Gasteiger partial charge in [-0.1, -0.05) is 12.8 Å². The van der Waals surface area contributed by atoms with E-state index in [1.807, 2.05) is 15.5 Å². The maximum atomic E-state index is 12.6. The van der Waals surface area contributed by atoms with Crippen LogP contribution in [0.4, 0.5) is 30.6 Å². The first-order valence-corrected chi connectivity index (χ1v) is 11.7. The number of pyridine rings is 1. The number of anilines is 3. The lowest BCUT2D eigenvalue weighted by molar-refractivity contribution is -0.146. The third-order valence-electron chi connectivity index (χ3n) is 6.61. The van der Waals surface area contributed by atoms with Gasteiger partial charge in [-0.05, 0) is 31.0 Å². The number of hydrogen-bond acceptors (Lipinski definition) is 7. The topological polar surface area (TPSA) is 99.4 Å². The minimum Gasteiger partial charge on any atom is -0.477 e. The number of carboxylic acid groups (broad SMARTS) is 1. The van der Waals surface area contributed by atoms with Crippen molar-refractivity contribution in [1.29, 1.82) is 0 Å². The van der Waals surface area contributed by atoms with Crippen LogP contribution in [0.1, 0.15) is 42.2 Å². The third kappa shape index (κ3) is 5.16.